The molecule has 0 spiro atoms. The summed E-state index contributed by atoms with van der Waals surface area (Å²) >= 11 is 1.64. The Hall–Kier alpha value is -1.38. The summed E-state index contributed by atoms with van der Waals surface area (Å²) in [5.74, 6) is 2.43. The summed E-state index contributed by atoms with van der Waals surface area (Å²) < 4.78 is 28.1. The van der Waals surface area contributed by atoms with E-state index in [1.807, 2.05) is 6.07 Å². The Morgan fingerprint density at radius 2 is 1.96 bits per heavy atom. The Balaban J connectivity index is 1.53. The number of rotatable bonds is 7. The molecular weight excluding hydrogens is 356 g/mol. The second kappa shape index (κ2) is 6.41. The van der Waals surface area contributed by atoms with E-state index in [1.54, 1.807) is 44.1 Å². The molecule has 0 unspecified atom stereocenters. The van der Waals surface area contributed by atoms with Gasteiger partial charge in [0.15, 0.2) is 5.16 Å². The SMILES string of the molecule is CN(C)S(=O)(=O)c1cccc(CSc2nnc(C3CC3)n2C2CC2)c1. The summed E-state index contributed by atoms with van der Waals surface area (Å²) in [4.78, 5) is 0.331. The zero-order valence-electron chi connectivity index (χ0n) is 14.4. The average Bonchev–Trinajstić information content (AvgIpc) is 3.52. The molecule has 0 N–H and O–H groups in total. The summed E-state index contributed by atoms with van der Waals surface area (Å²) in [6, 6.07) is 7.71. The van der Waals surface area contributed by atoms with Crippen molar-refractivity contribution in [1.82, 2.24) is 19.1 Å². The molecule has 2 aliphatic carbocycles. The van der Waals surface area contributed by atoms with Gasteiger partial charge in [-0.3, -0.25) is 0 Å². The van der Waals surface area contributed by atoms with Gasteiger partial charge in [0.1, 0.15) is 5.82 Å². The summed E-state index contributed by atoms with van der Waals surface area (Å²) in [5, 5.41) is 9.79. The molecule has 0 amide bonds. The molecular formula is C17H22N4O2S2. The van der Waals surface area contributed by atoms with E-state index in [-0.39, 0.29) is 0 Å². The Bertz CT molecular complexity index is 884. The van der Waals surface area contributed by atoms with Gasteiger partial charge in [-0.05, 0) is 43.4 Å². The standard InChI is InChI=1S/C17H22N4O2S2/c1-20(2)25(22,23)15-5-3-4-12(10-15)11-24-17-19-18-16(13-6-7-13)21(17)14-8-9-14/h3-5,10,13-14H,6-9,11H2,1-2H3. The Kier molecular flexibility index (Phi) is 4.37. The first kappa shape index (κ1) is 17.1. The van der Waals surface area contributed by atoms with Crippen molar-refractivity contribution in [2.75, 3.05) is 14.1 Å². The van der Waals surface area contributed by atoms with Crippen molar-refractivity contribution in [3.05, 3.63) is 35.7 Å². The van der Waals surface area contributed by atoms with E-state index in [0.717, 1.165) is 16.5 Å². The normalized spacial score (nSPS) is 18.0. The summed E-state index contributed by atoms with van der Waals surface area (Å²) in [6.45, 7) is 0. The summed E-state index contributed by atoms with van der Waals surface area (Å²) in [6.07, 6.45) is 4.86. The fourth-order valence-electron chi connectivity index (χ4n) is 2.84. The summed E-state index contributed by atoms with van der Waals surface area (Å²) in [5.41, 5.74) is 0.978. The fourth-order valence-corrected chi connectivity index (χ4v) is 4.77. The highest BCUT2D eigenvalue weighted by Crippen LogP contribution is 2.46. The Labute approximate surface area is 152 Å². The molecule has 25 heavy (non-hydrogen) atoms. The topological polar surface area (TPSA) is 68.1 Å². The molecule has 2 aliphatic rings. The highest BCUT2D eigenvalue weighted by molar-refractivity contribution is 7.98. The van der Waals surface area contributed by atoms with Crippen LogP contribution in [0.15, 0.2) is 34.3 Å². The third-order valence-electron chi connectivity index (χ3n) is 4.59. The van der Waals surface area contributed by atoms with Gasteiger partial charge in [-0.25, -0.2) is 12.7 Å². The smallest absolute Gasteiger partial charge is 0.242 e. The van der Waals surface area contributed by atoms with Gasteiger partial charge in [0.05, 0.1) is 4.90 Å². The first-order chi connectivity index (χ1) is 12.0. The van der Waals surface area contributed by atoms with Gasteiger partial charge in [0.2, 0.25) is 10.0 Å². The second-order valence-electron chi connectivity index (χ2n) is 6.94. The molecule has 1 aromatic carbocycles. The van der Waals surface area contributed by atoms with Crippen molar-refractivity contribution in [2.45, 2.75) is 53.4 Å². The number of sulfonamides is 1. The predicted octanol–water partition coefficient (Wildman–Crippen LogP) is 3.03. The van der Waals surface area contributed by atoms with E-state index in [4.69, 9.17) is 0 Å². The zero-order valence-corrected chi connectivity index (χ0v) is 16.1. The lowest BCUT2D eigenvalue weighted by Gasteiger charge is -2.12. The summed E-state index contributed by atoms with van der Waals surface area (Å²) in [7, 11) is -0.302. The molecule has 134 valence electrons. The number of aromatic nitrogens is 3. The molecule has 0 saturated heterocycles. The highest BCUT2D eigenvalue weighted by Gasteiger charge is 2.36. The van der Waals surface area contributed by atoms with E-state index >= 15 is 0 Å². The van der Waals surface area contributed by atoms with Crippen molar-refractivity contribution >= 4 is 21.8 Å². The number of thioether (sulfide) groups is 1. The van der Waals surface area contributed by atoms with Crippen LogP contribution in [0.5, 0.6) is 0 Å². The Morgan fingerprint density at radius 3 is 2.60 bits per heavy atom. The molecule has 0 radical (unpaired) electrons. The molecule has 0 aliphatic heterocycles. The van der Waals surface area contributed by atoms with Crippen molar-refractivity contribution in [3.8, 4) is 0 Å². The molecule has 8 heteroatoms. The van der Waals surface area contributed by atoms with Crippen molar-refractivity contribution < 1.29 is 8.42 Å². The van der Waals surface area contributed by atoms with Gasteiger partial charge in [0, 0.05) is 31.8 Å². The molecule has 1 aromatic heterocycles. The largest absolute Gasteiger partial charge is 0.303 e. The molecule has 1 heterocycles. The minimum Gasteiger partial charge on any atom is -0.303 e. The third-order valence-corrected chi connectivity index (χ3v) is 7.42. The molecule has 2 saturated carbocycles. The molecule has 4 rings (SSSR count). The number of benzene rings is 1. The minimum atomic E-state index is -3.40. The molecule has 6 nitrogen and oxygen atoms in total. The van der Waals surface area contributed by atoms with Gasteiger partial charge in [0.25, 0.3) is 0 Å². The monoisotopic (exact) mass is 378 g/mol. The van der Waals surface area contributed by atoms with Crippen LogP contribution >= 0.6 is 11.8 Å². The van der Waals surface area contributed by atoms with Crippen LogP contribution in [0.25, 0.3) is 0 Å². The number of hydrogen-bond acceptors (Lipinski definition) is 5. The fraction of sp³-hybridized carbons (Fsp3) is 0.529. The quantitative estimate of drug-likeness (QED) is 0.693. The zero-order chi connectivity index (χ0) is 17.6. The molecule has 0 atom stereocenters. The number of nitrogens with zero attached hydrogens (tertiary/aromatic N) is 4. The van der Waals surface area contributed by atoms with Crippen LogP contribution in [0.2, 0.25) is 0 Å². The number of hydrogen-bond donors (Lipinski definition) is 0. The van der Waals surface area contributed by atoms with Crippen molar-refractivity contribution in [2.24, 2.45) is 0 Å². The van der Waals surface area contributed by atoms with Crippen LogP contribution in [-0.2, 0) is 15.8 Å². The lowest BCUT2D eigenvalue weighted by Crippen LogP contribution is -2.22. The maximum absolute atomic E-state index is 12.3. The van der Waals surface area contributed by atoms with Crippen molar-refractivity contribution in [3.63, 3.8) is 0 Å². The minimum absolute atomic E-state index is 0.331. The van der Waals surface area contributed by atoms with E-state index < -0.39 is 10.0 Å². The van der Waals surface area contributed by atoms with Gasteiger partial charge >= 0.3 is 0 Å². The predicted molar refractivity (Wildman–Crippen MR) is 97.1 cm³/mol. The first-order valence-electron chi connectivity index (χ1n) is 8.56. The first-order valence-corrected chi connectivity index (χ1v) is 11.0. The van der Waals surface area contributed by atoms with Gasteiger partial charge in [-0.15, -0.1) is 10.2 Å². The van der Waals surface area contributed by atoms with E-state index in [0.29, 0.717) is 22.6 Å². The molecule has 0 bridgehead atoms. The van der Waals surface area contributed by atoms with E-state index in [9.17, 15) is 8.42 Å². The van der Waals surface area contributed by atoms with E-state index in [2.05, 4.69) is 14.8 Å². The lowest BCUT2D eigenvalue weighted by molar-refractivity contribution is 0.520. The average molecular weight is 379 g/mol. The maximum atomic E-state index is 12.3. The second-order valence-corrected chi connectivity index (χ2v) is 10.0. The Morgan fingerprint density at radius 1 is 1.20 bits per heavy atom. The van der Waals surface area contributed by atoms with Crippen LogP contribution in [0.4, 0.5) is 0 Å². The van der Waals surface area contributed by atoms with E-state index in [1.165, 1.54) is 30.0 Å². The highest BCUT2D eigenvalue weighted by atomic mass is 32.2. The molecule has 2 aromatic rings. The maximum Gasteiger partial charge on any atom is 0.242 e. The van der Waals surface area contributed by atoms with Gasteiger partial charge < -0.3 is 4.57 Å². The van der Waals surface area contributed by atoms with Gasteiger partial charge in [-0.1, -0.05) is 23.9 Å². The molecule has 2 fully saturated rings. The van der Waals surface area contributed by atoms with Crippen LogP contribution in [0.1, 0.15) is 49.0 Å². The van der Waals surface area contributed by atoms with Crippen LogP contribution in [-0.4, -0.2) is 41.6 Å². The van der Waals surface area contributed by atoms with Crippen LogP contribution in [0, 0.1) is 0 Å². The van der Waals surface area contributed by atoms with Crippen molar-refractivity contribution in [1.29, 1.82) is 0 Å². The lowest BCUT2D eigenvalue weighted by atomic mass is 10.2. The van der Waals surface area contributed by atoms with Crippen LogP contribution in [0.3, 0.4) is 0 Å². The third kappa shape index (κ3) is 3.47. The van der Waals surface area contributed by atoms with Gasteiger partial charge in [-0.2, -0.15) is 0 Å². The van der Waals surface area contributed by atoms with Crippen LogP contribution < -0.4 is 0 Å².